The number of piperidine rings is 1. The second kappa shape index (κ2) is 7.89. The first kappa shape index (κ1) is 21.2. The van der Waals surface area contributed by atoms with Gasteiger partial charge in [-0.25, -0.2) is 0 Å². The predicted molar refractivity (Wildman–Crippen MR) is 126 cm³/mol. The lowest BCUT2D eigenvalue weighted by atomic mass is 9.58. The molecule has 1 heterocycles. The van der Waals surface area contributed by atoms with Crippen LogP contribution in [0.3, 0.4) is 0 Å². The molecule has 4 unspecified atom stereocenters. The maximum Gasteiger partial charge on any atom is 0.115 e. The fourth-order valence-corrected chi connectivity index (χ4v) is 6.19. The highest BCUT2D eigenvalue weighted by molar-refractivity contribution is 5.43. The number of hydrogen-bond donors (Lipinski definition) is 1. The monoisotopic (exact) mass is 404 g/mol. The number of rotatable bonds is 5. The standard InChI is InChI=1S/C28H37NO/c1-20(2)12-15-29(16-13-23-9-7-6-8-21(23)3)17-14-28(5)22(4)27(29)18-24-10-11-25(30)19-26(24)28/h6-12,19,22,27H,13-18H2,1-5H3/p+1. The van der Waals surface area contributed by atoms with E-state index in [-0.39, 0.29) is 5.41 Å². The topological polar surface area (TPSA) is 20.2 Å². The Morgan fingerprint density at radius 2 is 1.97 bits per heavy atom. The third kappa shape index (κ3) is 3.60. The zero-order valence-corrected chi connectivity index (χ0v) is 19.4. The zero-order valence-electron chi connectivity index (χ0n) is 19.4. The summed E-state index contributed by atoms with van der Waals surface area (Å²) in [6.45, 7) is 15.2. The molecule has 2 nitrogen and oxygen atoms in total. The molecule has 1 aliphatic heterocycles. The molecule has 1 fully saturated rings. The lowest BCUT2D eigenvalue weighted by molar-refractivity contribution is -0.956. The number of hydrogen-bond acceptors (Lipinski definition) is 1. The lowest BCUT2D eigenvalue weighted by Gasteiger charge is -2.59. The second-order valence-corrected chi connectivity index (χ2v) is 10.4. The number of aryl methyl sites for hydroxylation is 1. The van der Waals surface area contributed by atoms with Crippen molar-refractivity contribution in [3.8, 4) is 5.75 Å². The minimum atomic E-state index is 0.159. The maximum atomic E-state index is 10.2. The van der Waals surface area contributed by atoms with Crippen LogP contribution in [0.2, 0.25) is 0 Å². The molecule has 0 amide bonds. The molecule has 2 aromatic rings. The Bertz CT molecular complexity index is 957. The summed E-state index contributed by atoms with van der Waals surface area (Å²) in [6.07, 6.45) is 5.92. The molecule has 4 rings (SSSR count). The first-order chi connectivity index (χ1) is 14.2. The summed E-state index contributed by atoms with van der Waals surface area (Å²) < 4.78 is 1.19. The van der Waals surface area contributed by atoms with Gasteiger partial charge in [-0.05, 0) is 61.2 Å². The molecule has 1 saturated heterocycles. The van der Waals surface area contributed by atoms with Gasteiger partial charge in [0.15, 0.2) is 0 Å². The van der Waals surface area contributed by atoms with Gasteiger partial charge in [-0.3, -0.25) is 0 Å². The fourth-order valence-electron chi connectivity index (χ4n) is 6.19. The molecule has 2 bridgehead atoms. The van der Waals surface area contributed by atoms with Gasteiger partial charge >= 0.3 is 0 Å². The van der Waals surface area contributed by atoms with Crippen molar-refractivity contribution in [2.45, 2.75) is 65.3 Å². The van der Waals surface area contributed by atoms with E-state index < -0.39 is 0 Å². The number of aromatic hydroxyl groups is 1. The zero-order chi connectivity index (χ0) is 21.5. The van der Waals surface area contributed by atoms with E-state index in [1.54, 1.807) is 0 Å². The van der Waals surface area contributed by atoms with Gasteiger partial charge in [0.25, 0.3) is 0 Å². The average Bonchev–Trinajstić information content (AvgIpc) is 2.71. The van der Waals surface area contributed by atoms with Gasteiger partial charge in [0.1, 0.15) is 5.75 Å². The summed E-state index contributed by atoms with van der Waals surface area (Å²) in [7, 11) is 0. The van der Waals surface area contributed by atoms with E-state index in [0.29, 0.717) is 17.7 Å². The number of allylic oxidation sites excluding steroid dienone is 1. The first-order valence-corrected chi connectivity index (χ1v) is 11.6. The smallest absolute Gasteiger partial charge is 0.115 e. The number of likely N-dealkylation sites (tertiary alicyclic amines) is 1. The highest BCUT2D eigenvalue weighted by Crippen LogP contribution is 2.51. The summed E-state index contributed by atoms with van der Waals surface area (Å²) in [5, 5.41) is 10.2. The van der Waals surface area contributed by atoms with Crippen LogP contribution in [-0.2, 0) is 18.3 Å². The van der Waals surface area contributed by atoms with Crippen molar-refractivity contribution < 1.29 is 9.59 Å². The molecule has 0 spiro atoms. The van der Waals surface area contributed by atoms with Crippen LogP contribution in [-0.4, -0.2) is 35.3 Å². The quantitative estimate of drug-likeness (QED) is 0.482. The van der Waals surface area contributed by atoms with Crippen LogP contribution in [0.4, 0.5) is 0 Å². The Kier molecular flexibility index (Phi) is 5.57. The molecular formula is C28H38NO+. The summed E-state index contributed by atoms with van der Waals surface area (Å²) in [4.78, 5) is 0. The van der Waals surface area contributed by atoms with Crippen molar-refractivity contribution in [2.75, 3.05) is 19.6 Å². The molecule has 2 aromatic carbocycles. The molecule has 4 atom stereocenters. The van der Waals surface area contributed by atoms with Crippen LogP contribution in [0.1, 0.15) is 56.4 Å². The van der Waals surface area contributed by atoms with Crippen LogP contribution in [0.25, 0.3) is 0 Å². The molecule has 0 saturated carbocycles. The molecule has 160 valence electrons. The number of phenols is 1. The Morgan fingerprint density at radius 3 is 2.70 bits per heavy atom. The lowest BCUT2D eigenvalue weighted by Crippen LogP contribution is -2.68. The van der Waals surface area contributed by atoms with Crippen molar-refractivity contribution in [3.63, 3.8) is 0 Å². The molecule has 0 aromatic heterocycles. The van der Waals surface area contributed by atoms with E-state index in [1.807, 2.05) is 12.1 Å². The third-order valence-corrected chi connectivity index (χ3v) is 8.45. The van der Waals surface area contributed by atoms with Crippen molar-refractivity contribution in [3.05, 3.63) is 76.4 Å². The molecule has 0 radical (unpaired) electrons. The molecule has 1 aliphatic carbocycles. The Labute approximate surface area is 182 Å². The number of nitrogens with zero attached hydrogens (tertiary/aromatic N) is 1. The van der Waals surface area contributed by atoms with Crippen molar-refractivity contribution in [1.82, 2.24) is 0 Å². The van der Waals surface area contributed by atoms with E-state index in [9.17, 15) is 5.11 Å². The van der Waals surface area contributed by atoms with E-state index in [4.69, 9.17) is 0 Å². The normalized spacial score (nSPS) is 29.9. The SMILES string of the molecule is CC(C)=CC[N+]1(CCc2ccccc2C)CCC2(C)c3cc(O)ccc3CC1C2C. The predicted octanol–water partition coefficient (Wildman–Crippen LogP) is 5.95. The largest absolute Gasteiger partial charge is 0.508 e. The van der Waals surface area contributed by atoms with Crippen LogP contribution in [0, 0.1) is 12.8 Å². The number of benzene rings is 2. The number of fused-ring (bicyclic) bond motifs is 4. The Balaban J connectivity index is 1.72. The molecular weight excluding hydrogens is 366 g/mol. The summed E-state index contributed by atoms with van der Waals surface area (Å²) >= 11 is 0. The van der Waals surface area contributed by atoms with Crippen molar-refractivity contribution >= 4 is 0 Å². The summed E-state index contributed by atoms with van der Waals surface area (Å²) in [6, 6.07) is 15.6. The van der Waals surface area contributed by atoms with Crippen LogP contribution >= 0.6 is 0 Å². The second-order valence-electron chi connectivity index (χ2n) is 10.4. The van der Waals surface area contributed by atoms with E-state index in [1.165, 1.54) is 51.8 Å². The van der Waals surface area contributed by atoms with Crippen molar-refractivity contribution in [1.29, 1.82) is 0 Å². The minimum Gasteiger partial charge on any atom is -0.508 e. The molecule has 2 aliphatic rings. The molecule has 1 N–H and O–H groups in total. The maximum absolute atomic E-state index is 10.2. The number of quaternary nitrogens is 1. The van der Waals surface area contributed by atoms with Crippen LogP contribution in [0.5, 0.6) is 5.75 Å². The highest BCUT2D eigenvalue weighted by atomic mass is 16.3. The summed E-state index contributed by atoms with van der Waals surface area (Å²) in [5.74, 6) is 1.01. The number of phenolic OH excluding ortho intramolecular Hbond substituents is 1. The minimum absolute atomic E-state index is 0.159. The fraction of sp³-hybridized carbons (Fsp3) is 0.500. The Morgan fingerprint density at radius 1 is 1.20 bits per heavy atom. The van der Waals surface area contributed by atoms with Gasteiger partial charge in [0.05, 0.1) is 25.7 Å². The van der Waals surface area contributed by atoms with Gasteiger partial charge in [0, 0.05) is 30.6 Å². The van der Waals surface area contributed by atoms with Gasteiger partial charge < -0.3 is 9.59 Å². The van der Waals surface area contributed by atoms with Gasteiger partial charge in [-0.2, -0.15) is 0 Å². The summed E-state index contributed by atoms with van der Waals surface area (Å²) in [5.41, 5.74) is 7.34. The van der Waals surface area contributed by atoms with Gasteiger partial charge in [0.2, 0.25) is 0 Å². The van der Waals surface area contributed by atoms with Crippen LogP contribution in [0.15, 0.2) is 54.1 Å². The molecule has 30 heavy (non-hydrogen) atoms. The van der Waals surface area contributed by atoms with Crippen molar-refractivity contribution in [2.24, 2.45) is 5.92 Å². The molecule has 2 heteroatoms. The van der Waals surface area contributed by atoms with E-state index in [0.717, 1.165) is 19.4 Å². The van der Waals surface area contributed by atoms with Crippen LogP contribution < -0.4 is 0 Å². The van der Waals surface area contributed by atoms with Gasteiger partial charge in [-0.15, -0.1) is 0 Å². The Hall–Kier alpha value is -2.06. The first-order valence-electron chi connectivity index (χ1n) is 11.6. The third-order valence-electron chi connectivity index (χ3n) is 8.45. The van der Waals surface area contributed by atoms with E-state index in [2.05, 4.69) is 71.0 Å². The van der Waals surface area contributed by atoms with E-state index >= 15 is 0 Å². The van der Waals surface area contributed by atoms with Gasteiger partial charge in [-0.1, -0.05) is 49.8 Å². The highest BCUT2D eigenvalue weighted by Gasteiger charge is 2.55. The average molecular weight is 405 g/mol.